The summed E-state index contributed by atoms with van der Waals surface area (Å²) in [5.74, 6) is -0.0805. The summed E-state index contributed by atoms with van der Waals surface area (Å²) in [4.78, 5) is 12.2. The summed E-state index contributed by atoms with van der Waals surface area (Å²) < 4.78 is 0.931. The van der Waals surface area contributed by atoms with Crippen molar-refractivity contribution in [1.29, 1.82) is 0 Å². The molecule has 0 unspecified atom stereocenters. The Morgan fingerprint density at radius 3 is 2.35 bits per heavy atom. The number of nitrogens with two attached hydrogens (primary N) is 1. The van der Waals surface area contributed by atoms with Crippen LogP contribution in [0.5, 0.6) is 0 Å². The minimum atomic E-state index is -0.644. The van der Waals surface area contributed by atoms with Gasteiger partial charge in [0, 0.05) is 15.7 Å². The summed E-state index contributed by atoms with van der Waals surface area (Å²) >= 11 is 3.37. The van der Waals surface area contributed by atoms with Crippen molar-refractivity contribution in [3.05, 3.63) is 28.7 Å². The van der Waals surface area contributed by atoms with Gasteiger partial charge >= 0.3 is 0 Å². The summed E-state index contributed by atoms with van der Waals surface area (Å²) in [6.07, 6.45) is 0. The highest BCUT2D eigenvalue weighted by Crippen LogP contribution is 2.30. The van der Waals surface area contributed by atoms with E-state index in [0.717, 1.165) is 10.2 Å². The molecule has 3 N–H and O–H groups in total. The van der Waals surface area contributed by atoms with Crippen LogP contribution in [-0.4, -0.2) is 11.4 Å². The van der Waals surface area contributed by atoms with E-state index in [9.17, 15) is 4.79 Å². The first-order valence-electron chi connectivity index (χ1n) is 5.50. The fourth-order valence-corrected chi connectivity index (χ4v) is 1.55. The quantitative estimate of drug-likeness (QED) is 0.901. The maximum absolute atomic E-state index is 12.2. The first-order chi connectivity index (χ1) is 7.64. The lowest BCUT2D eigenvalue weighted by Crippen LogP contribution is -2.53. The first-order valence-corrected chi connectivity index (χ1v) is 6.30. The normalized spacial score (nSPS) is 12.4. The van der Waals surface area contributed by atoms with Gasteiger partial charge in [-0.15, -0.1) is 0 Å². The zero-order valence-corrected chi connectivity index (χ0v) is 12.3. The number of benzene rings is 1. The van der Waals surface area contributed by atoms with Gasteiger partial charge in [-0.05, 0) is 45.9 Å². The number of hydrogen-bond donors (Lipinski definition) is 2. The van der Waals surface area contributed by atoms with Crippen LogP contribution in [0.3, 0.4) is 0 Å². The standard InChI is InChI=1S/C13H19BrN2O/c1-12(2,13(3,4)15)11(17)16-10-7-5-6-9(14)8-10/h5-8H,15H2,1-4H3,(H,16,17). The lowest BCUT2D eigenvalue weighted by atomic mass is 9.74. The highest BCUT2D eigenvalue weighted by molar-refractivity contribution is 9.10. The summed E-state index contributed by atoms with van der Waals surface area (Å²) in [6.45, 7) is 7.40. The molecule has 0 aliphatic rings. The molecule has 3 nitrogen and oxygen atoms in total. The number of halogens is 1. The molecular formula is C13H19BrN2O. The Hall–Kier alpha value is -0.870. The fraction of sp³-hybridized carbons (Fsp3) is 0.462. The van der Waals surface area contributed by atoms with Crippen molar-refractivity contribution in [3.8, 4) is 0 Å². The minimum absolute atomic E-state index is 0.0805. The zero-order valence-electron chi connectivity index (χ0n) is 10.7. The first kappa shape index (κ1) is 14.2. The van der Waals surface area contributed by atoms with E-state index >= 15 is 0 Å². The molecule has 0 aromatic heterocycles. The van der Waals surface area contributed by atoms with Gasteiger partial charge in [-0.3, -0.25) is 4.79 Å². The van der Waals surface area contributed by atoms with Crippen LogP contribution in [0.1, 0.15) is 27.7 Å². The Bertz CT molecular complexity index is 422. The van der Waals surface area contributed by atoms with E-state index in [0.29, 0.717) is 0 Å². The fourth-order valence-electron chi connectivity index (χ4n) is 1.15. The summed E-state index contributed by atoms with van der Waals surface area (Å²) in [7, 11) is 0. The largest absolute Gasteiger partial charge is 0.326 e. The molecule has 1 amide bonds. The molecule has 0 bridgehead atoms. The molecule has 0 saturated carbocycles. The second-order valence-electron chi connectivity index (χ2n) is 5.31. The second-order valence-corrected chi connectivity index (χ2v) is 6.23. The van der Waals surface area contributed by atoms with E-state index in [2.05, 4.69) is 21.2 Å². The molecule has 4 heteroatoms. The third-order valence-electron chi connectivity index (χ3n) is 3.26. The van der Waals surface area contributed by atoms with Crippen LogP contribution in [0.4, 0.5) is 5.69 Å². The van der Waals surface area contributed by atoms with Crippen LogP contribution in [0.15, 0.2) is 28.7 Å². The molecule has 1 aromatic rings. The topological polar surface area (TPSA) is 55.1 Å². The van der Waals surface area contributed by atoms with Crippen LogP contribution >= 0.6 is 15.9 Å². The lowest BCUT2D eigenvalue weighted by molar-refractivity contribution is -0.126. The molecule has 0 spiro atoms. The van der Waals surface area contributed by atoms with Gasteiger partial charge in [0.25, 0.3) is 0 Å². The molecule has 17 heavy (non-hydrogen) atoms. The summed E-state index contributed by atoms with van der Waals surface area (Å²) in [5, 5.41) is 2.88. The van der Waals surface area contributed by atoms with Crippen LogP contribution in [0.2, 0.25) is 0 Å². The Morgan fingerprint density at radius 1 is 1.29 bits per heavy atom. The Morgan fingerprint density at radius 2 is 1.88 bits per heavy atom. The lowest BCUT2D eigenvalue weighted by Gasteiger charge is -2.36. The molecular weight excluding hydrogens is 280 g/mol. The Labute approximate surface area is 111 Å². The van der Waals surface area contributed by atoms with Crippen molar-refractivity contribution in [2.45, 2.75) is 33.2 Å². The van der Waals surface area contributed by atoms with Crippen LogP contribution in [0.25, 0.3) is 0 Å². The monoisotopic (exact) mass is 298 g/mol. The van der Waals surface area contributed by atoms with Crippen molar-refractivity contribution in [2.75, 3.05) is 5.32 Å². The average molecular weight is 299 g/mol. The second kappa shape index (κ2) is 4.78. The van der Waals surface area contributed by atoms with Crippen LogP contribution < -0.4 is 11.1 Å². The number of carbonyl (C=O) groups is 1. The summed E-state index contributed by atoms with van der Waals surface area (Å²) in [5.41, 5.74) is 5.57. The predicted octanol–water partition coefficient (Wildman–Crippen LogP) is 3.15. The Kier molecular flexibility index (Phi) is 3.99. The third-order valence-corrected chi connectivity index (χ3v) is 3.75. The highest BCUT2D eigenvalue weighted by Gasteiger charge is 2.40. The van der Waals surface area contributed by atoms with Gasteiger partial charge in [0.2, 0.25) is 5.91 Å². The molecule has 0 fully saturated rings. The molecule has 94 valence electrons. The molecule has 0 heterocycles. The molecule has 0 aliphatic heterocycles. The highest BCUT2D eigenvalue weighted by atomic mass is 79.9. The van der Waals surface area contributed by atoms with Crippen LogP contribution in [0, 0.1) is 5.41 Å². The van der Waals surface area contributed by atoms with Crippen molar-refractivity contribution in [3.63, 3.8) is 0 Å². The summed E-state index contributed by atoms with van der Waals surface area (Å²) in [6, 6.07) is 7.49. The van der Waals surface area contributed by atoms with Crippen molar-refractivity contribution >= 4 is 27.5 Å². The van der Waals surface area contributed by atoms with Crippen molar-refractivity contribution in [2.24, 2.45) is 11.1 Å². The van der Waals surface area contributed by atoms with Gasteiger partial charge < -0.3 is 11.1 Å². The minimum Gasteiger partial charge on any atom is -0.326 e. The van der Waals surface area contributed by atoms with E-state index in [-0.39, 0.29) is 5.91 Å². The van der Waals surface area contributed by atoms with Crippen LogP contribution in [-0.2, 0) is 4.79 Å². The van der Waals surface area contributed by atoms with Gasteiger partial charge in [0.1, 0.15) is 0 Å². The number of rotatable bonds is 3. The molecule has 0 radical (unpaired) electrons. The number of hydrogen-bond acceptors (Lipinski definition) is 2. The predicted molar refractivity (Wildman–Crippen MR) is 74.8 cm³/mol. The van der Waals surface area contributed by atoms with Crippen molar-refractivity contribution < 1.29 is 4.79 Å². The SMILES string of the molecule is CC(C)(N)C(C)(C)C(=O)Nc1cccc(Br)c1. The maximum Gasteiger partial charge on any atom is 0.231 e. The number of amides is 1. The molecule has 1 aromatic carbocycles. The number of anilines is 1. The average Bonchev–Trinajstić information content (AvgIpc) is 2.15. The van der Waals surface area contributed by atoms with Crippen molar-refractivity contribution in [1.82, 2.24) is 0 Å². The molecule has 1 rings (SSSR count). The number of nitrogens with one attached hydrogen (secondary N) is 1. The van der Waals surface area contributed by atoms with Gasteiger partial charge in [0.05, 0.1) is 5.41 Å². The smallest absolute Gasteiger partial charge is 0.231 e. The van der Waals surface area contributed by atoms with E-state index in [1.165, 1.54) is 0 Å². The van der Waals surface area contributed by atoms with E-state index in [1.807, 2.05) is 52.0 Å². The Balaban J connectivity index is 2.87. The zero-order chi connectivity index (χ0) is 13.3. The molecule has 0 aliphatic carbocycles. The number of carbonyl (C=O) groups excluding carboxylic acids is 1. The third kappa shape index (κ3) is 3.30. The van der Waals surface area contributed by atoms with Gasteiger partial charge in [-0.25, -0.2) is 0 Å². The maximum atomic E-state index is 12.2. The van der Waals surface area contributed by atoms with Gasteiger partial charge in [0.15, 0.2) is 0 Å². The van der Waals surface area contributed by atoms with Gasteiger partial charge in [-0.1, -0.05) is 22.0 Å². The molecule has 0 atom stereocenters. The van der Waals surface area contributed by atoms with E-state index < -0.39 is 11.0 Å². The van der Waals surface area contributed by atoms with E-state index in [1.54, 1.807) is 0 Å². The van der Waals surface area contributed by atoms with E-state index in [4.69, 9.17) is 5.73 Å². The van der Waals surface area contributed by atoms with Gasteiger partial charge in [-0.2, -0.15) is 0 Å². The molecule has 0 saturated heterocycles.